The lowest BCUT2D eigenvalue weighted by molar-refractivity contribution is -0.137. The molecule has 3 rings (SSSR count). The van der Waals surface area contributed by atoms with Gasteiger partial charge >= 0.3 is 0 Å². The standard InChI is InChI=1S/C21H19ClFNO3/c1-13(2)12-27-17-9-5-15(6-10-17)18-19(22)21(26)24(20(18)25)11-14-3-7-16(23)8-4-14/h3-10,13H,11-12H2,1-2H3. The molecule has 2 aromatic rings. The van der Waals surface area contributed by atoms with Crippen LogP contribution in [0.25, 0.3) is 5.57 Å². The maximum Gasteiger partial charge on any atom is 0.273 e. The zero-order chi connectivity index (χ0) is 19.6. The van der Waals surface area contributed by atoms with Crippen LogP contribution >= 0.6 is 11.6 Å². The Balaban J connectivity index is 1.78. The summed E-state index contributed by atoms with van der Waals surface area (Å²) in [5.74, 6) is -0.319. The number of rotatable bonds is 6. The lowest BCUT2D eigenvalue weighted by Gasteiger charge is -2.15. The third-order valence-electron chi connectivity index (χ3n) is 4.09. The quantitative estimate of drug-likeness (QED) is 0.691. The van der Waals surface area contributed by atoms with Crippen LogP contribution in [0, 0.1) is 11.7 Å². The average Bonchev–Trinajstić information content (AvgIpc) is 2.86. The number of hydrogen-bond donors (Lipinski definition) is 0. The van der Waals surface area contributed by atoms with Gasteiger partial charge in [-0.25, -0.2) is 4.39 Å². The van der Waals surface area contributed by atoms with Gasteiger partial charge in [-0.15, -0.1) is 0 Å². The minimum atomic E-state index is -0.555. The fourth-order valence-electron chi connectivity index (χ4n) is 2.69. The molecule has 0 aliphatic carbocycles. The molecule has 0 saturated heterocycles. The largest absolute Gasteiger partial charge is 0.493 e. The minimum absolute atomic E-state index is 0.0350. The molecule has 27 heavy (non-hydrogen) atoms. The number of amides is 2. The third-order valence-corrected chi connectivity index (χ3v) is 4.44. The van der Waals surface area contributed by atoms with Crippen LogP contribution in [0.4, 0.5) is 4.39 Å². The number of benzene rings is 2. The summed E-state index contributed by atoms with van der Waals surface area (Å²) in [6.07, 6.45) is 0. The number of halogens is 2. The fourth-order valence-corrected chi connectivity index (χ4v) is 2.99. The molecule has 1 aliphatic heterocycles. The molecule has 0 atom stereocenters. The first-order valence-corrected chi connectivity index (χ1v) is 8.98. The summed E-state index contributed by atoms with van der Waals surface area (Å²) < 4.78 is 18.7. The van der Waals surface area contributed by atoms with Crippen molar-refractivity contribution < 1.29 is 18.7 Å². The van der Waals surface area contributed by atoms with Crippen molar-refractivity contribution in [3.05, 3.63) is 70.5 Å². The summed E-state index contributed by atoms with van der Waals surface area (Å²) in [6.45, 7) is 4.73. The lowest BCUT2D eigenvalue weighted by atomic mass is 10.1. The smallest absolute Gasteiger partial charge is 0.273 e. The number of imide groups is 1. The summed E-state index contributed by atoms with van der Waals surface area (Å²) in [5.41, 5.74) is 1.36. The Kier molecular flexibility index (Phi) is 5.61. The molecule has 1 heterocycles. The van der Waals surface area contributed by atoms with Crippen molar-refractivity contribution in [3.63, 3.8) is 0 Å². The Morgan fingerprint density at radius 2 is 1.63 bits per heavy atom. The number of hydrogen-bond acceptors (Lipinski definition) is 3. The molecule has 0 spiro atoms. The molecular formula is C21H19ClFNO3. The Morgan fingerprint density at radius 1 is 1.00 bits per heavy atom. The molecule has 0 N–H and O–H groups in total. The normalized spacial score (nSPS) is 14.5. The number of carbonyl (C=O) groups excluding carboxylic acids is 2. The van der Waals surface area contributed by atoms with Crippen LogP contribution in [0.5, 0.6) is 5.75 Å². The number of nitrogens with zero attached hydrogens (tertiary/aromatic N) is 1. The molecule has 0 bridgehead atoms. The fraction of sp³-hybridized carbons (Fsp3) is 0.238. The lowest BCUT2D eigenvalue weighted by Crippen LogP contribution is -2.30. The summed E-state index contributed by atoms with van der Waals surface area (Å²) in [5, 5.41) is -0.113. The second-order valence-corrected chi connectivity index (χ2v) is 7.12. The van der Waals surface area contributed by atoms with E-state index < -0.39 is 11.8 Å². The van der Waals surface area contributed by atoms with E-state index in [0.29, 0.717) is 29.4 Å². The Morgan fingerprint density at radius 3 is 2.22 bits per heavy atom. The SMILES string of the molecule is CC(C)COc1ccc(C2=C(Cl)C(=O)N(Cc3ccc(F)cc3)C2=O)cc1. The second-order valence-electron chi connectivity index (χ2n) is 6.74. The summed E-state index contributed by atoms with van der Waals surface area (Å²) in [6, 6.07) is 12.5. The van der Waals surface area contributed by atoms with Crippen molar-refractivity contribution in [3.8, 4) is 5.75 Å². The van der Waals surface area contributed by atoms with Crippen LogP contribution in [-0.4, -0.2) is 23.3 Å². The highest BCUT2D eigenvalue weighted by atomic mass is 35.5. The molecule has 6 heteroatoms. The molecule has 0 aromatic heterocycles. The van der Waals surface area contributed by atoms with E-state index in [1.54, 1.807) is 24.3 Å². The van der Waals surface area contributed by atoms with Gasteiger partial charge in [0.2, 0.25) is 0 Å². The topological polar surface area (TPSA) is 46.6 Å². The highest BCUT2D eigenvalue weighted by molar-refractivity contribution is 6.55. The Bertz CT molecular complexity index is 889. The van der Waals surface area contributed by atoms with Crippen molar-refractivity contribution in [1.29, 1.82) is 0 Å². The van der Waals surface area contributed by atoms with Crippen LogP contribution in [-0.2, 0) is 16.1 Å². The molecule has 0 saturated carbocycles. The van der Waals surface area contributed by atoms with Gasteiger partial charge in [0, 0.05) is 0 Å². The zero-order valence-corrected chi connectivity index (χ0v) is 15.8. The van der Waals surface area contributed by atoms with E-state index in [4.69, 9.17) is 16.3 Å². The first kappa shape index (κ1) is 19.1. The average molecular weight is 388 g/mol. The van der Waals surface area contributed by atoms with Gasteiger partial charge in [-0.2, -0.15) is 0 Å². The van der Waals surface area contributed by atoms with Gasteiger partial charge in [-0.05, 0) is 41.3 Å². The highest BCUT2D eigenvalue weighted by Crippen LogP contribution is 2.33. The van der Waals surface area contributed by atoms with Gasteiger partial charge in [-0.3, -0.25) is 14.5 Å². The van der Waals surface area contributed by atoms with Crippen LogP contribution in [0.2, 0.25) is 0 Å². The molecule has 0 fully saturated rings. The molecule has 140 valence electrons. The van der Waals surface area contributed by atoms with Crippen molar-refractivity contribution in [2.75, 3.05) is 6.61 Å². The van der Waals surface area contributed by atoms with Crippen molar-refractivity contribution >= 4 is 29.0 Å². The second kappa shape index (κ2) is 7.92. The van der Waals surface area contributed by atoms with Crippen molar-refractivity contribution in [2.24, 2.45) is 5.92 Å². The summed E-state index contributed by atoms with van der Waals surface area (Å²) in [4.78, 5) is 26.3. The van der Waals surface area contributed by atoms with E-state index in [-0.39, 0.29) is 23.0 Å². The third kappa shape index (κ3) is 4.19. The van der Waals surface area contributed by atoms with E-state index in [9.17, 15) is 14.0 Å². The minimum Gasteiger partial charge on any atom is -0.493 e. The van der Waals surface area contributed by atoms with Gasteiger partial charge in [0.1, 0.15) is 16.6 Å². The van der Waals surface area contributed by atoms with Crippen LogP contribution in [0.15, 0.2) is 53.6 Å². The van der Waals surface area contributed by atoms with E-state index in [1.165, 1.54) is 24.3 Å². The van der Waals surface area contributed by atoms with Crippen LogP contribution in [0.3, 0.4) is 0 Å². The predicted molar refractivity (Wildman–Crippen MR) is 102 cm³/mol. The molecule has 4 nitrogen and oxygen atoms in total. The molecule has 0 radical (unpaired) electrons. The van der Waals surface area contributed by atoms with Gasteiger partial charge in [-0.1, -0.05) is 49.7 Å². The van der Waals surface area contributed by atoms with Crippen LogP contribution in [0.1, 0.15) is 25.0 Å². The Labute approximate surface area is 162 Å². The van der Waals surface area contributed by atoms with Gasteiger partial charge in [0.05, 0.1) is 18.7 Å². The first-order chi connectivity index (χ1) is 12.9. The number of ether oxygens (including phenoxy) is 1. The van der Waals surface area contributed by atoms with E-state index in [0.717, 1.165) is 4.90 Å². The summed E-state index contributed by atoms with van der Waals surface area (Å²) in [7, 11) is 0. The first-order valence-electron chi connectivity index (χ1n) is 8.60. The monoisotopic (exact) mass is 387 g/mol. The highest BCUT2D eigenvalue weighted by Gasteiger charge is 2.38. The van der Waals surface area contributed by atoms with Crippen LogP contribution < -0.4 is 4.74 Å². The maximum absolute atomic E-state index is 13.0. The molecule has 2 amide bonds. The van der Waals surface area contributed by atoms with Gasteiger partial charge < -0.3 is 4.74 Å². The van der Waals surface area contributed by atoms with E-state index in [1.807, 2.05) is 0 Å². The van der Waals surface area contributed by atoms with Gasteiger partial charge in [0.25, 0.3) is 11.8 Å². The molecule has 1 aliphatic rings. The van der Waals surface area contributed by atoms with Crippen molar-refractivity contribution in [2.45, 2.75) is 20.4 Å². The van der Waals surface area contributed by atoms with Crippen molar-refractivity contribution in [1.82, 2.24) is 4.90 Å². The Hall–Kier alpha value is -2.66. The summed E-state index contributed by atoms with van der Waals surface area (Å²) >= 11 is 6.16. The molecule has 0 unspecified atom stereocenters. The van der Waals surface area contributed by atoms with Gasteiger partial charge in [0.15, 0.2) is 0 Å². The molecule has 2 aromatic carbocycles. The maximum atomic E-state index is 13.0. The van der Waals surface area contributed by atoms with E-state index >= 15 is 0 Å². The number of carbonyl (C=O) groups is 2. The predicted octanol–water partition coefficient (Wildman–Crippen LogP) is 4.38. The zero-order valence-electron chi connectivity index (χ0n) is 15.0. The molecular weight excluding hydrogens is 369 g/mol. The van der Waals surface area contributed by atoms with E-state index in [2.05, 4.69) is 13.8 Å².